The Labute approximate surface area is 92.7 Å². The molecular weight excluding hydrogens is 253 g/mol. The average molecular weight is 258 g/mol. The van der Waals surface area contributed by atoms with Crippen LogP contribution in [0.3, 0.4) is 0 Å². The zero-order valence-electron chi connectivity index (χ0n) is 6.43. The van der Waals surface area contributed by atoms with Gasteiger partial charge in [-0.3, -0.25) is 10.1 Å². The molecule has 0 unspecified atom stereocenters. The van der Waals surface area contributed by atoms with Gasteiger partial charge in [0.2, 0.25) is 0 Å². The minimum atomic E-state index is -1.29. The summed E-state index contributed by atoms with van der Waals surface area (Å²) in [5, 5.41) is 18.8. The van der Waals surface area contributed by atoms with Gasteiger partial charge < -0.3 is 5.11 Å². The number of aromatic carboxylic acids is 1. The zero-order valence-corrected chi connectivity index (χ0v) is 8.89. The third kappa shape index (κ3) is 2.74. The Hall–Kier alpha value is -1.03. The van der Waals surface area contributed by atoms with E-state index in [9.17, 15) is 14.9 Å². The van der Waals surface area contributed by atoms with Gasteiger partial charge in [-0.05, 0) is 6.07 Å². The molecule has 1 rings (SSSR count). The van der Waals surface area contributed by atoms with Crippen molar-refractivity contribution in [3.8, 4) is 0 Å². The van der Waals surface area contributed by atoms with E-state index in [-0.39, 0.29) is 37.5 Å². The van der Waals surface area contributed by atoms with Crippen LogP contribution in [0.2, 0.25) is 0 Å². The fraction of sp³-hybridized carbons (Fsp3) is 0. The molecule has 0 saturated carbocycles. The largest absolute Gasteiger partial charge is 0.477 e. The van der Waals surface area contributed by atoms with E-state index in [1.807, 2.05) is 0 Å². The second kappa shape index (κ2) is 4.87. The van der Waals surface area contributed by atoms with E-state index in [2.05, 4.69) is 0 Å². The fourth-order valence-corrected chi connectivity index (χ4v) is 0.814. The predicted octanol–water partition coefficient (Wildman–Crippen LogP) is 1.29. The normalized spacial score (nSPS) is 8.62. The summed E-state index contributed by atoms with van der Waals surface area (Å²) >= 11 is 0. The molecule has 0 aliphatic heterocycles. The second-order valence-corrected chi connectivity index (χ2v) is 2.08. The molecule has 0 radical (unpaired) electrons. The van der Waals surface area contributed by atoms with Gasteiger partial charge in [0.05, 0.1) is 4.92 Å². The summed E-state index contributed by atoms with van der Waals surface area (Å²) in [4.78, 5) is 20.0. The van der Waals surface area contributed by atoms with Crippen LogP contribution in [0.5, 0.6) is 0 Å². The quantitative estimate of drug-likeness (QED) is 0.640. The van der Waals surface area contributed by atoms with E-state index in [1.54, 1.807) is 0 Å². The van der Waals surface area contributed by atoms with Crippen LogP contribution in [0.25, 0.3) is 0 Å². The summed E-state index contributed by atoms with van der Waals surface area (Å²) in [6, 6.07) is 5.21. The molecule has 0 bridgehead atoms. The van der Waals surface area contributed by atoms with E-state index in [4.69, 9.17) is 5.11 Å². The summed E-state index contributed by atoms with van der Waals surface area (Å²) in [5.41, 5.74) is -0.674. The first-order chi connectivity index (χ1) is 5.63. The first-order valence-corrected chi connectivity index (χ1v) is 3.09. The molecular formula is C7H5NO4Zr. The van der Waals surface area contributed by atoms with Gasteiger partial charge in [0.1, 0.15) is 5.56 Å². The minimum Gasteiger partial charge on any atom is -0.477 e. The molecule has 66 valence electrons. The fourth-order valence-electron chi connectivity index (χ4n) is 0.814. The molecule has 1 aromatic carbocycles. The number of carboxylic acids is 1. The van der Waals surface area contributed by atoms with Gasteiger partial charge in [-0.1, -0.05) is 12.1 Å². The SMILES string of the molecule is O=C(O)c1ccccc1[N+](=O)[O-].[Zr]. The minimum absolute atomic E-state index is 0. The summed E-state index contributed by atoms with van der Waals surface area (Å²) in [5.74, 6) is -1.29. The van der Waals surface area contributed by atoms with Gasteiger partial charge in [0, 0.05) is 32.3 Å². The van der Waals surface area contributed by atoms with Crippen LogP contribution in [0.1, 0.15) is 10.4 Å². The third-order valence-electron chi connectivity index (χ3n) is 1.33. The molecule has 6 heteroatoms. The summed E-state index contributed by atoms with van der Waals surface area (Å²) in [7, 11) is 0. The van der Waals surface area contributed by atoms with Gasteiger partial charge in [-0.2, -0.15) is 0 Å². The van der Waals surface area contributed by atoms with E-state index in [0.29, 0.717) is 0 Å². The van der Waals surface area contributed by atoms with Crippen LogP contribution >= 0.6 is 0 Å². The van der Waals surface area contributed by atoms with Crippen LogP contribution in [0, 0.1) is 10.1 Å². The Balaban J connectivity index is 0.00000144. The van der Waals surface area contributed by atoms with Crippen molar-refractivity contribution in [1.82, 2.24) is 0 Å². The molecule has 0 heterocycles. The first kappa shape index (κ1) is 12.0. The standard InChI is InChI=1S/C7H5NO4.Zr/c9-7(10)5-3-1-2-4-6(5)8(11)12;/h1-4H,(H,9,10);. The number of carboxylic acid groups (broad SMARTS) is 1. The zero-order chi connectivity index (χ0) is 9.14. The molecule has 1 aromatic rings. The molecule has 0 fully saturated rings. The summed E-state index contributed by atoms with van der Waals surface area (Å²) in [6.07, 6.45) is 0. The van der Waals surface area contributed by atoms with Gasteiger partial charge in [-0.25, -0.2) is 4.79 Å². The predicted molar refractivity (Wildman–Crippen MR) is 40.1 cm³/mol. The Morgan fingerprint density at radius 1 is 1.38 bits per heavy atom. The van der Waals surface area contributed by atoms with Crippen LogP contribution in [0.15, 0.2) is 24.3 Å². The van der Waals surface area contributed by atoms with Crippen molar-refractivity contribution >= 4 is 11.7 Å². The number of nitro benzene ring substituents is 1. The van der Waals surface area contributed by atoms with Crippen molar-refractivity contribution in [3.05, 3.63) is 39.9 Å². The molecule has 0 spiro atoms. The Morgan fingerprint density at radius 2 is 1.92 bits per heavy atom. The molecule has 0 atom stereocenters. The maximum Gasteiger partial charge on any atom is 0.342 e. The number of rotatable bonds is 2. The van der Waals surface area contributed by atoms with E-state index < -0.39 is 10.9 Å². The number of nitro groups is 1. The Morgan fingerprint density at radius 3 is 2.31 bits per heavy atom. The number of benzene rings is 1. The van der Waals surface area contributed by atoms with E-state index in [0.717, 1.165) is 6.07 Å². The van der Waals surface area contributed by atoms with Gasteiger partial charge in [0.15, 0.2) is 0 Å². The number of carbonyl (C=O) groups is 1. The molecule has 0 amide bonds. The second-order valence-electron chi connectivity index (χ2n) is 2.08. The van der Waals surface area contributed by atoms with Crippen molar-refractivity contribution in [2.75, 3.05) is 0 Å². The summed E-state index contributed by atoms with van der Waals surface area (Å²) < 4.78 is 0. The molecule has 13 heavy (non-hydrogen) atoms. The third-order valence-corrected chi connectivity index (χ3v) is 1.33. The van der Waals surface area contributed by atoms with Crippen molar-refractivity contribution < 1.29 is 41.0 Å². The molecule has 0 saturated heterocycles. The molecule has 0 aliphatic carbocycles. The number of hydrogen-bond donors (Lipinski definition) is 1. The van der Waals surface area contributed by atoms with E-state index >= 15 is 0 Å². The monoisotopic (exact) mass is 257 g/mol. The van der Waals surface area contributed by atoms with Crippen LogP contribution in [-0.2, 0) is 26.2 Å². The van der Waals surface area contributed by atoms with E-state index in [1.165, 1.54) is 18.2 Å². The topological polar surface area (TPSA) is 80.4 Å². The molecule has 0 aromatic heterocycles. The molecule has 0 aliphatic rings. The summed E-state index contributed by atoms with van der Waals surface area (Å²) in [6.45, 7) is 0. The Bertz CT molecular complexity index is 306. The van der Waals surface area contributed by atoms with Crippen LogP contribution in [0.4, 0.5) is 5.69 Å². The number of nitrogens with zero attached hydrogens (tertiary/aromatic N) is 1. The van der Waals surface area contributed by atoms with Gasteiger partial charge >= 0.3 is 5.97 Å². The number of para-hydroxylation sites is 1. The number of hydrogen-bond acceptors (Lipinski definition) is 3. The average Bonchev–Trinajstić information content (AvgIpc) is 2.04. The maximum atomic E-state index is 10.4. The van der Waals surface area contributed by atoms with Crippen molar-refractivity contribution in [2.45, 2.75) is 0 Å². The van der Waals surface area contributed by atoms with Crippen LogP contribution < -0.4 is 0 Å². The first-order valence-electron chi connectivity index (χ1n) is 3.09. The van der Waals surface area contributed by atoms with Crippen molar-refractivity contribution in [2.24, 2.45) is 0 Å². The Kier molecular flexibility index (Phi) is 4.48. The van der Waals surface area contributed by atoms with Crippen molar-refractivity contribution in [1.29, 1.82) is 0 Å². The van der Waals surface area contributed by atoms with Gasteiger partial charge in [-0.15, -0.1) is 0 Å². The van der Waals surface area contributed by atoms with Crippen LogP contribution in [-0.4, -0.2) is 16.0 Å². The maximum absolute atomic E-state index is 10.4. The molecule has 5 nitrogen and oxygen atoms in total. The smallest absolute Gasteiger partial charge is 0.342 e. The van der Waals surface area contributed by atoms with Gasteiger partial charge in [0.25, 0.3) is 5.69 Å². The van der Waals surface area contributed by atoms with Crippen molar-refractivity contribution in [3.63, 3.8) is 0 Å². The molecule has 1 N–H and O–H groups in total.